The van der Waals surface area contributed by atoms with E-state index in [9.17, 15) is 0 Å². The van der Waals surface area contributed by atoms with Crippen LogP contribution in [0.4, 0.5) is 5.13 Å². The van der Waals surface area contributed by atoms with Crippen molar-refractivity contribution < 1.29 is 0 Å². The lowest BCUT2D eigenvalue weighted by Gasteiger charge is -1.91. The summed E-state index contributed by atoms with van der Waals surface area (Å²) < 4.78 is 0. The van der Waals surface area contributed by atoms with Crippen molar-refractivity contribution in [1.82, 2.24) is 10.2 Å². The molecule has 3 nitrogen and oxygen atoms in total. The molecule has 0 spiro atoms. The minimum Gasteiger partial charge on any atom is -0.357 e. The van der Waals surface area contributed by atoms with Crippen LogP contribution in [0, 0.1) is 5.51 Å². The van der Waals surface area contributed by atoms with Crippen LogP contribution < -0.4 is 5.32 Å². The minimum atomic E-state index is 0.725. The largest absolute Gasteiger partial charge is 0.357 e. The topological polar surface area (TPSA) is 37.8 Å². The molecule has 0 atom stereocenters. The Hall–Kier alpha value is -0.900. The zero-order valence-corrected chi connectivity index (χ0v) is 5.61. The molecule has 1 heterocycles. The molecule has 47 valence electrons. The maximum Gasteiger partial charge on any atom is 0.206 e. The zero-order chi connectivity index (χ0) is 6.53. The molecule has 1 N–H and O–H groups in total. The molecule has 0 amide bonds. The second-order valence-electron chi connectivity index (χ2n) is 1.37. The molecule has 1 aromatic rings. The van der Waals surface area contributed by atoms with Gasteiger partial charge in [-0.3, -0.25) is 0 Å². The first-order chi connectivity index (χ1) is 4.43. The molecule has 0 aliphatic heterocycles. The highest BCUT2D eigenvalue weighted by Crippen LogP contribution is 2.05. The molecule has 0 saturated heterocycles. The zero-order valence-electron chi connectivity index (χ0n) is 4.79. The highest BCUT2D eigenvalue weighted by atomic mass is 32.1. The number of aromatic nitrogens is 2. The predicted octanol–water partition coefficient (Wildman–Crippen LogP) is 0.936. The average Bonchev–Trinajstić information content (AvgIpc) is 2.34. The predicted molar refractivity (Wildman–Crippen MR) is 37.4 cm³/mol. The Balaban J connectivity index is 2.38. The van der Waals surface area contributed by atoms with Gasteiger partial charge in [-0.1, -0.05) is 17.4 Å². The Morgan fingerprint density at radius 3 is 3.33 bits per heavy atom. The van der Waals surface area contributed by atoms with E-state index in [4.69, 9.17) is 0 Å². The third kappa shape index (κ3) is 1.81. The van der Waals surface area contributed by atoms with Crippen LogP contribution in [-0.2, 0) is 0 Å². The van der Waals surface area contributed by atoms with Gasteiger partial charge in [0.25, 0.3) is 0 Å². The summed E-state index contributed by atoms with van der Waals surface area (Å²) in [7, 11) is 0. The maximum absolute atomic E-state index is 3.71. The molecule has 0 fully saturated rings. The van der Waals surface area contributed by atoms with Gasteiger partial charge in [-0.15, -0.1) is 16.8 Å². The van der Waals surface area contributed by atoms with Gasteiger partial charge < -0.3 is 5.32 Å². The number of nitrogens with zero attached hydrogens (tertiary/aromatic N) is 2. The van der Waals surface area contributed by atoms with Gasteiger partial charge in [0.1, 0.15) is 0 Å². The van der Waals surface area contributed by atoms with Gasteiger partial charge in [-0.25, -0.2) is 0 Å². The fourth-order valence-corrected chi connectivity index (χ4v) is 0.786. The van der Waals surface area contributed by atoms with Gasteiger partial charge in [0, 0.05) is 6.54 Å². The lowest BCUT2D eigenvalue weighted by Crippen LogP contribution is -1.96. The lowest BCUT2D eigenvalue weighted by molar-refractivity contribution is 1.07. The van der Waals surface area contributed by atoms with Crippen molar-refractivity contribution in [2.75, 3.05) is 11.9 Å². The number of rotatable bonds is 3. The smallest absolute Gasteiger partial charge is 0.206 e. The van der Waals surface area contributed by atoms with E-state index in [1.54, 1.807) is 6.08 Å². The van der Waals surface area contributed by atoms with Crippen molar-refractivity contribution in [3.05, 3.63) is 18.2 Å². The van der Waals surface area contributed by atoms with E-state index in [0.29, 0.717) is 0 Å². The molecule has 0 unspecified atom stereocenters. The lowest BCUT2D eigenvalue weighted by atomic mass is 10.6. The Morgan fingerprint density at radius 2 is 2.78 bits per heavy atom. The molecule has 1 rings (SSSR count). The standard InChI is InChI=1S/C5H6N3S/c1-2-3-6-5-8-7-4-9-5/h2H,1,3H2,(H,6,8). The molecule has 1 radical (unpaired) electrons. The molecule has 9 heavy (non-hydrogen) atoms. The van der Waals surface area contributed by atoms with E-state index in [0.717, 1.165) is 11.7 Å². The maximum atomic E-state index is 3.71. The van der Waals surface area contributed by atoms with E-state index in [2.05, 4.69) is 27.6 Å². The summed E-state index contributed by atoms with van der Waals surface area (Å²) in [6, 6.07) is 0. The third-order valence-electron chi connectivity index (χ3n) is 0.722. The van der Waals surface area contributed by atoms with Crippen molar-refractivity contribution in [3.63, 3.8) is 0 Å². The summed E-state index contributed by atoms with van der Waals surface area (Å²) in [4.78, 5) is 0. The van der Waals surface area contributed by atoms with Crippen LogP contribution in [0.3, 0.4) is 0 Å². The van der Waals surface area contributed by atoms with Crippen molar-refractivity contribution in [2.45, 2.75) is 0 Å². The highest BCUT2D eigenvalue weighted by Gasteiger charge is 1.89. The Labute approximate surface area is 57.4 Å². The quantitative estimate of drug-likeness (QED) is 0.635. The Morgan fingerprint density at radius 1 is 1.89 bits per heavy atom. The number of hydrogen-bond acceptors (Lipinski definition) is 4. The first-order valence-electron chi connectivity index (χ1n) is 2.48. The van der Waals surface area contributed by atoms with E-state index >= 15 is 0 Å². The van der Waals surface area contributed by atoms with E-state index in [1.165, 1.54) is 11.3 Å². The molecular weight excluding hydrogens is 134 g/mol. The molecule has 1 aromatic heterocycles. The highest BCUT2D eigenvalue weighted by molar-refractivity contribution is 7.12. The van der Waals surface area contributed by atoms with E-state index in [-0.39, 0.29) is 0 Å². The molecule has 0 aliphatic rings. The number of anilines is 1. The van der Waals surface area contributed by atoms with Crippen molar-refractivity contribution in [2.24, 2.45) is 0 Å². The van der Waals surface area contributed by atoms with Gasteiger partial charge in [0.05, 0.1) is 0 Å². The van der Waals surface area contributed by atoms with Gasteiger partial charge in [0.2, 0.25) is 5.13 Å². The summed E-state index contributed by atoms with van der Waals surface area (Å²) in [5.41, 5.74) is 2.62. The van der Waals surface area contributed by atoms with Gasteiger partial charge in [-0.05, 0) is 0 Å². The minimum absolute atomic E-state index is 0.725. The fourth-order valence-electron chi connectivity index (χ4n) is 0.381. The number of hydrogen-bond donors (Lipinski definition) is 1. The summed E-state index contributed by atoms with van der Waals surface area (Å²) in [6.45, 7) is 4.27. The SMILES string of the molecule is C=CCNc1nn[c]s1. The van der Waals surface area contributed by atoms with Crippen LogP contribution in [0.2, 0.25) is 0 Å². The molecule has 0 aliphatic carbocycles. The Kier molecular flexibility index (Phi) is 2.21. The van der Waals surface area contributed by atoms with Gasteiger partial charge in [-0.2, -0.15) is 0 Å². The summed E-state index contributed by atoms with van der Waals surface area (Å²) in [5, 5.41) is 11.0. The van der Waals surface area contributed by atoms with Crippen LogP contribution in [0.5, 0.6) is 0 Å². The molecule has 0 aromatic carbocycles. The second-order valence-corrected chi connectivity index (χ2v) is 2.14. The van der Waals surface area contributed by atoms with Crippen LogP contribution in [0.15, 0.2) is 12.7 Å². The van der Waals surface area contributed by atoms with Crippen LogP contribution in [0.25, 0.3) is 0 Å². The third-order valence-corrected chi connectivity index (χ3v) is 1.31. The van der Waals surface area contributed by atoms with Crippen molar-refractivity contribution in [1.29, 1.82) is 0 Å². The van der Waals surface area contributed by atoms with Crippen LogP contribution in [-0.4, -0.2) is 16.7 Å². The second kappa shape index (κ2) is 3.19. The van der Waals surface area contributed by atoms with E-state index in [1.807, 2.05) is 0 Å². The van der Waals surface area contributed by atoms with Gasteiger partial charge >= 0.3 is 0 Å². The van der Waals surface area contributed by atoms with Crippen LogP contribution >= 0.6 is 11.3 Å². The molecular formula is C5H6N3S. The Bertz CT molecular complexity index is 170. The first-order valence-corrected chi connectivity index (χ1v) is 3.29. The summed E-state index contributed by atoms with van der Waals surface area (Å²) >= 11 is 1.36. The van der Waals surface area contributed by atoms with Crippen LogP contribution in [0.1, 0.15) is 0 Å². The summed E-state index contributed by atoms with van der Waals surface area (Å²) in [6.07, 6.45) is 1.77. The molecule has 4 heteroatoms. The van der Waals surface area contributed by atoms with E-state index < -0.39 is 0 Å². The summed E-state index contributed by atoms with van der Waals surface area (Å²) in [5.74, 6) is 0. The van der Waals surface area contributed by atoms with Crippen molar-refractivity contribution >= 4 is 16.5 Å². The fraction of sp³-hybridized carbons (Fsp3) is 0.200. The van der Waals surface area contributed by atoms with Gasteiger partial charge in [0.15, 0.2) is 5.51 Å². The molecule has 0 bridgehead atoms. The first kappa shape index (κ1) is 6.22. The average molecular weight is 140 g/mol. The normalized spacial score (nSPS) is 8.89. The monoisotopic (exact) mass is 140 g/mol. The molecule has 0 saturated carbocycles. The number of nitrogens with one attached hydrogen (secondary N) is 1. The van der Waals surface area contributed by atoms with Crippen molar-refractivity contribution in [3.8, 4) is 0 Å².